The van der Waals surface area contributed by atoms with Crippen LogP contribution in [0, 0.1) is 18.8 Å². The van der Waals surface area contributed by atoms with Crippen LogP contribution in [0.3, 0.4) is 0 Å². The second kappa shape index (κ2) is 10.0. The Morgan fingerprint density at radius 3 is 2.54 bits per heavy atom. The van der Waals surface area contributed by atoms with Crippen LogP contribution in [0.1, 0.15) is 57.9 Å². The average molecular weight is 378 g/mol. The highest BCUT2D eigenvalue weighted by molar-refractivity contribution is 8.00. The fourth-order valence-electron chi connectivity index (χ4n) is 3.41. The lowest BCUT2D eigenvalue weighted by molar-refractivity contribution is -0.134. The quantitative estimate of drug-likeness (QED) is 0.638. The fourth-order valence-corrected chi connectivity index (χ4v) is 4.17. The molecule has 4 nitrogen and oxygen atoms in total. The summed E-state index contributed by atoms with van der Waals surface area (Å²) >= 11 is 1.30. The second-order valence-electron chi connectivity index (χ2n) is 7.66. The summed E-state index contributed by atoms with van der Waals surface area (Å²) < 4.78 is 0. The number of thioether (sulfide) groups is 1. The highest BCUT2D eigenvalue weighted by Gasteiger charge is 2.28. The molecule has 0 spiro atoms. The molecule has 1 aromatic rings. The maximum Gasteiger partial charge on any atom is 0.313 e. The van der Waals surface area contributed by atoms with Crippen LogP contribution in [0.25, 0.3) is 0 Å². The molecule has 0 aromatic heterocycles. The summed E-state index contributed by atoms with van der Waals surface area (Å²) in [5, 5.41) is 9.05. The molecule has 0 atom stereocenters. The molecule has 1 fully saturated rings. The minimum Gasteiger partial charge on any atom is -0.481 e. The van der Waals surface area contributed by atoms with E-state index in [0.717, 1.165) is 48.3 Å². The van der Waals surface area contributed by atoms with Crippen LogP contribution in [-0.2, 0) is 9.59 Å². The lowest BCUT2D eigenvalue weighted by Crippen LogP contribution is -2.38. The number of rotatable bonds is 8. The number of carbonyl (C=O) groups excluding carboxylic acids is 1. The Morgan fingerprint density at radius 2 is 1.92 bits per heavy atom. The molecule has 1 aliphatic carbocycles. The van der Waals surface area contributed by atoms with Crippen molar-refractivity contribution in [3.63, 3.8) is 0 Å². The number of nitrogens with zero attached hydrogens (tertiary/aromatic N) is 1. The van der Waals surface area contributed by atoms with Gasteiger partial charge in [0.15, 0.2) is 0 Å². The Morgan fingerprint density at radius 1 is 1.23 bits per heavy atom. The molecular weight excluding hydrogens is 346 g/mol. The number of aryl methyl sites for hydroxylation is 1. The summed E-state index contributed by atoms with van der Waals surface area (Å²) in [7, 11) is 0. The first-order chi connectivity index (χ1) is 12.4. The van der Waals surface area contributed by atoms with E-state index >= 15 is 0 Å². The molecule has 5 heteroatoms. The molecule has 0 heterocycles. The van der Waals surface area contributed by atoms with Crippen molar-refractivity contribution in [2.45, 2.75) is 64.2 Å². The van der Waals surface area contributed by atoms with Crippen LogP contribution in [-0.4, -0.2) is 29.3 Å². The fraction of sp³-hybridized carbons (Fsp3) is 0.619. The van der Waals surface area contributed by atoms with Crippen molar-refractivity contribution in [3.8, 4) is 0 Å². The van der Waals surface area contributed by atoms with Gasteiger partial charge in [-0.15, -0.1) is 11.8 Å². The van der Waals surface area contributed by atoms with Crippen LogP contribution in [0.2, 0.25) is 0 Å². The van der Waals surface area contributed by atoms with E-state index in [1.807, 2.05) is 30.0 Å². The molecule has 2 rings (SSSR count). The number of hydrogen-bond donors (Lipinski definition) is 1. The van der Waals surface area contributed by atoms with Crippen molar-refractivity contribution in [2.24, 2.45) is 11.8 Å². The van der Waals surface area contributed by atoms with Crippen molar-refractivity contribution in [2.75, 3.05) is 17.2 Å². The summed E-state index contributed by atoms with van der Waals surface area (Å²) in [4.78, 5) is 27.1. The number of anilines is 1. The van der Waals surface area contributed by atoms with Gasteiger partial charge in [0.05, 0.1) is 11.4 Å². The molecule has 1 saturated carbocycles. The highest BCUT2D eigenvalue weighted by Crippen LogP contribution is 2.34. The molecule has 1 aliphatic rings. The standard InChI is InChI=1S/C21H31NO3S/c1-15(2)11-12-22(21(25)17-7-5-4-6-8-17)18-13-16(3)9-10-19(18)26-14-20(23)24/h9-10,13,15,17H,4-8,11-12,14H2,1-3H3,(H,23,24). The first-order valence-corrected chi connectivity index (χ1v) is 10.6. The third-order valence-corrected chi connectivity index (χ3v) is 5.95. The molecule has 0 radical (unpaired) electrons. The van der Waals surface area contributed by atoms with Gasteiger partial charge in [-0.25, -0.2) is 0 Å². The minimum absolute atomic E-state index is 0.00566. The Kier molecular flexibility index (Phi) is 8.01. The zero-order chi connectivity index (χ0) is 19.1. The van der Waals surface area contributed by atoms with Crippen LogP contribution in [0.4, 0.5) is 5.69 Å². The third kappa shape index (κ3) is 6.04. The summed E-state index contributed by atoms with van der Waals surface area (Å²) in [6.07, 6.45) is 6.36. The molecule has 144 valence electrons. The molecule has 0 aliphatic heterocycles. The van der Waals surface area contributed by atoms with Gasteiger partial charge < -0.3 is 10.0 Å². The van der Waals surface area contributed by atoms with E-state index in [2.05, 4.69) is 13.8 Å². The van der Waals surface area contributed by atoms with Gasteiger partial charge in [0.1, 0.15) is 0 Å². The number of carboxylic acids is 1. The van der Waals surface area contributed by atoms with E-state index in [9.17, 15) is 9.59 Å². The van der Waals surface area contributed by atoms with Gasteiger partial charge in [0, 0.05) is 17.4 Å². The normalized spacial score (nSPS) is 15.2. The van der Waals surface area contributed by atoms with Crippen LogP contribution < -0.4 is 4.90 Å². The largest absolute Gasteiger partial charge is 0.481 e. The Bertz CT molecular complexity index is 624. The van der Waals surface area contributed by atoms with E-state index in [-0.39, 0.29) is 17.6 Å². The maximum atomic E-state index is 13.3. The Labute approximate surface area is 161 Å². The van der Waals surface area contributed by atoms with Crippen molar-refractivity contribution in [1.29, 1.82) is 0 Å². The average Bonchev–Trinajstić information content (AvgIpc) is 2.61. The molecule has 26 heavy (non-hydrogen) atoms. The molecular formula is C21H31NO3S. The van der Waals surface area contributed by atoms with Crippen LogP contribution in [0.5, 0.6) is 0 Å². The Hall–Kier alpha value is -1.49. The van der Waals surface area contributed by atoms with Crippen molar-refractivity contribution in [3.05, 3.63) is 23.8 Å². The van der Waals surface area contributed by atoms with Crippen molar-refractivity contribution in [1.82, 2.24) is 0 Å². The van der Waals surface area contributed by atoms with E-state index in [0.29, 0.717) is 12.5 Å². The second-order valence-corrected chi connectivity index (χ2v) is 8.68. The summed E-state index contributed by atoms with van der Waals surface area (Å²) in [5.74, 6) is -0.00145. The number of amides is 1. The maximum absolute atomic E-state index is 13.3. The minimum atomic E-state index is -0.839. The Balaban J connectivity index is 2.31. The van der Waals surface area contributed by atoms with Gasteiger partial charge in [0.25, 0.3) is 0 Å². The topological polar surface area (TPSA) is 57.6 Å². The molecule has 0 saturated heterocycles. The smallest absolute Gasteiger partial charge is 0.313 e. The first-order valence-electron chi connectivity index (χ1n) is 9.65. The summed E-state index contributed by atoms with van der Waals surface area (Å²) in [6, 6.07) is 5.97. The van der Waals surface area contributed by atoms with E-state index < -0.39 is 5.97 Å². The number of carbonyl (C=O) groups is 2. The summed E-state index contributed by atoms with van der Waals surface area (Å²) in [6.45, 7) is 7.04. The highest BCUT2D eigenvalue weighted by atomic mass is 32.2. The predicted octanol–water partition coefficient (Wildman–Crippen LogP) is 5.13. The zero-order valence-electron chi connectivity index (χ0n) is 16.2. The van der Waals surface area contributed by atoms with Crippen LogP contribution in [0.15, 0.2) is 23.1 Å². The first kappa shape index (κ1) is 20.8. The monoisotopic (exact) mass is 377 g/mol. The van der Waals surface area contributed by atoms with E-state index in [1.54, 1.807) is 0 Å². The van der Waals surface area contributed by atoms with Crippen molar-refractivity contribution >= 4 is 29.3 Å². The molecule has 0 bridgehead atoms. The van der Waals surface area contributed by atoms with E-state index in [1.165, 1.54) is 18.2 Å². The molecule has 1 aromatic carbocycles. The number of hydrogen-bond acceptors (Lipinski definition) is 3. The number of aliphatic carboxylic acids is 1. The lowest BCUT2D eigenvalue weighted by Gasteiger charge is -2.31. The summed E-state index contributed by atoms with van der Waals surface area (Å²) in [5.41, 5.74) is 1.97. The van der Waals surface area contributed by atoms with Gasteiger partial charge in [0.2, 0.25) is 5.91 Å². The van der Waals surface area contributed by atoms with Gasteiger partial charge >= 0.3 is 5.97 Å². The van der Waals surface area contributed by atoms with Crippen molar-refractivity contribution < 1.29 is 14.7 Å². The molecule has 0 unspecified atom stereocenters. The number of benzene rings is 1. The molecule has 1 amide bonds. The van der Waals surface area contributed by atoms with Gasteiger partial charge in [-0.05, 0) is 49.8 Å². The lowest BCUT2D eigenvalue weighted by atomic mass is 9.88. The zero-order valence-corrected chi connectivity index (χ0v) is 17.0. The van der Waals surface area contributed by atoms with Crippen LogP contribution >= 0.6 is 11.8 Å². The number of carboxylic acid groups (broad SMARTS) is 1. The third-order valence-electron chi connectivity index (χ3n) is 4.91. The van der Waals surface area contributed by atoms with Gasteiger partial charge in [-0.2, -0.15) is 0 Å². The van der Waals surface area contributed by atoms with Gasteiger partial charge in [-0.1, -0.05) is 39.2 Å². The van der Waals surface area contributed by atoms with Gasteiger partial charge in [-0.3, -0.25) is 9.59 Å². The van der Waals surface area contributed by atoms with E-state index in [4.69, 9.17) is 5.11 Å². The SMILES string of the molecule is Cc1ccc(SCC(=O)O)c(N(CCC(C)C)C(=O)C2CCCCC2)c1. The molecule has 1 N–H and O–H groups in total. The predicted molar refractivity (Wildman–Crippen MR) is 108 cm³/mol.